The first kappa shape index (κ1) is 13.6. The molecule has 2 N–H and O–H groups in total. The van der Waals surface area contributed by atoms with E-state index in [2.05, 4.69) is 40.9 Å². The molecule has 0 saturated carbocycles. The lowest BCUT2D eigenvalue weighted by Crippen LogP contribution is -2.38. The van der Waals surface area contributed by atoms with E-state index in [9.17, 15) is 0 Å². The van der Waals surface area contributed by atoms with Gasteiger partial charge in [-0.05, 0) is 46.0 Å². The maximum Gasteiger partial charge on any atom is 0.0907 e. The Morgan fingerprint density at radius 3 is 2.95 bits per heavy atom. The van der Waals surface area contributed by atoms with Crippen LogP contribution in [0.1, 0.15) is 18.4 Å². The number of rotatable bonds is 1. The smallest absolute Gasteiger partial charge is 0.0907 e. The van der Waals surface area contributed by atoms with Crippen molar-refractivity contribution in [2.24, 2.45) is 0 Å². The molecule has 1 atom stereocenters. The Balaban J connectivity index is 2.01. The zero-order chi connectivity index (χ0) is 14.3. The normalized spacial score (nSPS) is 21.4. The summed E-state index contributed by atoms with van der Waals surface area (Å²) in [6.45, 7) is 7.61. The average molecular weight is 290 g/mol. The van der Waals surface area contributed by atoms with Gasteiger partial charge in [0, 0.05) is 19.1 Å². The second-order valence-corrected chi connectivity index (χ2v) is 7.00. The summed E-state index contributed by atoms with van der Waals surface area (Å²) >= 11 is 1.71. The molecule has 4 nitrogen and oxygen atoms in total. The molecule has 3 rings (SSSR count). The first-order valence-corrected chi connectivity index (χ1v) is 7.98. The van der Waals surface area contributed by atoms with Gasteiger partial charge in [-0.15, -0.1) is 11.3 Å². The van der Waals surface area contributed by atoms with Crippen molar-refractivity contribution in [3.63, 3.8) is 0 Å². The Bertz CT molecular complexity index is 622. The van der Waals surface area contributed by atoms with Crippen molar-refractivity contribution in [1.29, 1.82) is 0 Å². The molecule has 2 heterocycles. The van der Waals surface area contributed by atoms with Gasteiger partial charge >= 0.3 is 0 Å². The van der Waals surface area contributed by atoms with E-state index in [4.69, 9.17) is 5.73 Å². The third-order valence-electron chi connectivity index (χ3n) is 4.00. The van der Waals surface area contributed by atoms with Gasteiger partial charge in [0.05, 0.1) is 26.6 Å². The molecule has 1 aliphatic heterocycles. The van der Waals surface area contributed by atoms with E-state index in [1.54, 1.807) is 11.3 Å². The molecule has 1 aromatic heterocycles. The van der Waals surface area contributed by atoms with Crippen LogP contribution >= 0.6 is 11.3 Å². The first-order valence-electron chi connectivity index (χ1n) is 7.16. The van der Waals surface area contributed by atoms with Crippen LogP contribution in [0.4, 0.5) is 11.4 Å². The predicted molar refractivity (Wildman–Crippen MR) is 87.7 cm³/mol. The Kier molecular flexibility index (Phi) is 3.56. The third-order valence-corrected chi connectivity index (χ3v) is 4.93. The summed E-state index contributed by atoms with van der Waals surface area (Å²) in [5.74, 6) is 0. The van der Waals surface area contributed by atoms with E-state index in [0.29, 0.717) is 6.04 Å². The first-order chi connectivity index (χ1) is 9.54. The lowest BCUT2D eigenvalue weighted by Gasteiger charge is -2.31. The molecule has 2 aromatic rings. The number of nitrogens with two attached hydrogens (primary N) is 1. The standard InChI is InChI=1S/C15H22N4S/c1-10-9-18(3)5-4-6-19(10)14-8-13-15(7-12(14)16)20-11(2)17-13/h7-8,10H,4-6,9,16H2,1-3H3. The van der Waals surface area contributed by atoms with Crippen LogP contribution in [0.3, 0.4) is 0 Å². The lowest BCUT2D eigenvalue weighted by atomic mass is 10.2. The molecule has 1 fully saturated rings. The predicted octanol–water partition coefficient (Wildman–Crippen LogP) is 2.72. The molecule has 0 radical (unpaired) electrons. The van der Waals surface area contributed by atoms with E-state index >= 15 is 0 Å². The van der Waals surface area contributed by atoms with Crippen molar-refractivity contribution in [1.82, 2.24) is 9.88 Å². The van der Waals surface area contributed by atoms with E-state index in [1.807, 2.05) is 6.92 Å². The van der Waals surface area contributed by atoms with Gasteiger partial charge in [0.2, 0.25) is 0 Å². The molecule has 1 aliphatic rings. The number of anilines is 2. The van der Waals surface area contributed by atoms with Gasteiger partial charge in [0.15, 0.2) is 0 Å². The maximum absolute atomic E-state index is 6.30. The van der Waals surface area contributed by atoms with Crippen LogP contribution in [0.25, 0.3) is 10.2 Å². The van der Waals surface area contributed by atoms with Crippen molar-refractivity contribution in [2.75, 3.05) is 37.3 Å². The summed E-state index contributed by atoms with van der Waals surface area (Å²) in [4.78, 5) is 9.43. The Morgan fingerprint density at radius 1 is 1.35 bits per heavy atom. The second-order valence-electron chi connectivity index (χ2n) is 5.77. The number of nitrogen functional groups attached to an aromatic ring is 1. The van der Waals surface area contributed by atoms with Gasteiger partial charge < -0.3 is 15.5 Å². The minimum absolute atomic E-state index is 0.474. The topological polar surface area (TPSA) is 45.4 Å². The average Bonchev–Trinajstić information content (AvgIpc) is 2.63. The molecule has 0 amide bonds. The lowest BCUT2D eigenvalue weighted by molar-refractivity contribution is 0.337. The number of aryl methyl sites for hydroxylation is 1. The van der Waals surface area contributed by atoms with Gasteiger partial charge in [0.25, 0.3) is 0 Å². The molecular formula is C15H22N4S. The van der Waals surface area contributed by atoms with Crippen molar-refractivity contribution in [3.8, 4) is 0 Å². The summed E-state index contributed by atoms with van der Waals surface area (Å²) in [6.07, 6.45) is 1.18. The number of fused-ring (bicyclic) bond motifs is 1. The third kappa shape index (κ3) is 2.47. The largest absolute Gasteiger partial charge is 0.397 e. The number of hydrogen-bond acceptors (Lipinski definition) is 5. The molecule has 20 heavy (non-hydrogen) atoms. The van der Waals surface area contributed by atoms with Crippen LogP contribution in [0.15, 0.2) is 12.1 Å². The summed E-state index contributed by atoms with van der Waals surface area (Å²) in [7, 11) is 2.19. The van der Waals surface area contributed by atoms with E-state index in [1.165, 1.54) is 11.1 Å². The number of thiazole rings is 1. The molecule has 5 heteroatoms. The highest BCUT2D eigenvalue weighted by Gasteiger charge is 2.22. The van der Waals surface area contributed by atoms with Gasteiger partial charge in [-0.2, -0.15) is 0 Å². The maximum atomic E-state index is 6.30. The molecule has 0 spiro atoms. The van der Waals surface area contributed by atoms with Crippen LogP contribution < -0.4 is 10.6 Å². The van der Waals surface area contributed by atoms with Crippen LogP contribution in [-0.4, -0.2) is 42.6 Å². The quantitative estimate of drug-likeness (QED) is 0.820. The molecule has 0 bridgehead atoms. The van der Waals surface area contributed by atoms with Gasteiger partial charge in [-0.25, -0.2) is 4.98 Å². The minimum Gasteiger partial charge on any atom is -0.397 e. The molecule has 1 saturated heterocycles. The highest BCUT2D eigenvalue weighted by molar-refractivity contribution is 7.18. The van der Waals surface area contributed by atoms with Crippen LogP contribution in [0.2, 0.25) is 0 Å². The zero-order valence-corrected chi connectivity index (χ0v) is 13.2. The Labute approximate surface area is 124 Å². The van der Waals surface area contributed by atoms with E-state index in [0.717, 1.165) is 41.5 Å². The SMILES string of the molecule is Cc1nc2cc(N3CCCN(C)CC3C)c(N)cc2s1. The van der Waals surface area contributed by atoms with Gasteiger partial charge in [0.1, 0.15) is 0 Å². The van der Waals surface area contributed by atoms with Crippen molar-refractivity contribution >= 4 is 32.9 Å². The number of aromatic nitrogens is 1. The fourth-order valence-corrected chi connectivity index (χ4v) is 3.93. The Hall–Kier alpha value is -1.33. The Morgan fingerprint density at radius 2 is 2.15 bits per heavy atom. The molecule has 1 aromatic carbocycles. The van der Waals surface area contributed by atoms with Crippen LogP contribution in [-0.2, 0) is 0 Å². The van der Waals surface area contributed by atoms with Crippen LogP contribution in [0, 0.1) is 6.92 Å². The van der Waals surface area contributed by atoms with E-state index < -0.39 is 0 Å². The summed E-state index contributed by atoms with van der Waals surface area (Å²) in [5.41, 5.74) is 9.39. The fourth-order valence-electron chi connectivity index (χ4n) is 3.07. The van der Waals surface area contributed by atoms with Crippen LogP contribution in [0.5, 0.6) is 0 Å². The number of nitrogens with zero attached hydrogens (tertiary/aromatic N) is 3. The number of benzene rings is 1. The minimum atomic E-state index is 0.474. The molecule has 108 valence electrons. The van der Waals surface area contributed by atoms with Gasteiger partial charge in [-0.1, -0.05) is 0 Å². The molecule has 0 aliphatic carbocycles. The van der Waals surface area contributed by atoms with Crippen molar-refractivity contribution in [2.45, 2.75) is 26.3 Å². The summed E-state index contributed by atoms with van der Waals surface area (Å²) in [5, 5.41) is 1.10. The van der Waals surface area contributed by atoms with Crippen molar-refractivity contribution < 1.29 is 0 Å². The highest BCUT2D eigenvalue weighted by Crippen LogP contribution is 2.33. The highest BCUT2D eigenvalue weighted by atomic mass is 32.1. The van der Waals surface area contributed by atoms with Crippen molar-refractivity contribution in [3.05, 3.63) is 17.1 Å². The number of likely N-dealkylation sites (N-methyl/N-ethyl adjacent to an activating group) is 1. The zero-order valence-electron chi connectivity index (χ0n) is 12.4. The number of hydrogen-bond donors (Lipinski definition) is 1. The molecule has 1 unspecified atom stereocenters. The fraction of sp³-hybridized carbons (Fsp3) is 0.533. The second kappa shape index (κ2) is 5.22. The van der Waals surface area contributed by atoms with Gasteiger partial charge in [-0.3, -0.25) is 0 Å². The summed E-state index contributed by atoms with van der Waals surface area (Å²) in [6, 6.07) is 4.72. The molecular weight excluding hydrogens is 268 g/mol. The monoisotopic (exact) mass is 290 g/mol. The summed E-state index contributed by atoms with van der Waals surface area (Å²) < 4.78 is 1.18. The van der Waals surface area contributed by atoms with E-state index in [-0.39, 0.29) is 0 Å².